The first-order valence-corrected chi connectivity index (χ1v) is 7.61. The van der Waals surface area contributed by atoms with Gasteiger partial charge in [-0.1, -0.05) is 30.3 Å². The molecule has 0 bridgehead atoms. The van der Waals surface area contributed by atoms with Crippen molar-refractivity contribution >= 4 is 0 Å². The fourth-order valence-electron chi connectivity index (χ4n) is 3.26. The largest absolute Gasteiger partial charge is 0.493 e. The molecule has 0 aliphatic carbocycles. The van der Waals surface area contributed by atoms with Crippen molar-refractivity contribution in [3.63, 3.8) is 0 Å². The molecule has 1 atom stereocenters. The lowest BCUT2D eigenvalue weighted by Gasteiger charge is -2.39. The van der Waals surface area contributed by atoms with E-state index >= 15 is 0 Å². The number of hydrogen-bond donors (Lipinski definition) is 1. The topological polar surface area (TPSA) is 30.5 Å². The van der Waals surface area contributed by atoms with Gasteiger partial charge in [-0.05, 0) is 49.1 Å². The van der Waals surface area contributed by atoms with Crippen LogP contribution in [-0.4, -0.2) is 19.8 Å². The minimum atomic E-state index is 0.0348. The van der Waals surface area contributed by atoms with Crippen LogP contribution in [0.15, 0.2) is 42.5 Å². The molecule has 2 aromatic carbocycles. The van der Waals surface area contributed by atoms with Crippen molar-refractivity contribution in [2.24, 2.45) is 0 Å². The second kappa shape index (κ2) is 5.65. The zero-order valence-electron chi connectivity index (χ0n) is 13.6. The third kappa shape index (κ3) is 2.69. The molecule has 0 saturated heterocycles. The zero-order valence-corrected chi connectivity index (χ0v) is 13.6. The first kappa shape index (κ1) is 14.9. The molecule has 0 spiro atoms. The molecule has 0 aromatic heterocycles. The molecule has 1 aliphatic rings. The molecule has 3 nitrogen and oxygen atoms in total. The van der Waals surface area contributed by atoms with E-state index in [4.69, 9.17) is 9.47 Å². The van der Waals surface area contributed by atoms with E-state index in [1.807, 2.05) is 6.07 Å². The van der Waals surface area contributed by atoms with Crippen LogP contribution in [0.2, 0.25) is 0 Å². The second-order valence-electron chi connectivity index (χ2n) is 6.45. The normalized spacial score (nSPS) is 19.4. The molecule has 22 heavy (non-hydrogen) atoms. The van der Waals surface area contributed by atoms with Crippen LogP contribution in [0.25, 0.3) is 0 Å². The second-order valence-corrected chi connectivity index (χ2v) is 6.45. The first-order chi connectivity index (χ1) is 10.5. The van der Waals surface area contributed by atoms with E-state index in [-0.39, 0.29) is 11.6 Å². The lowest BCUT2D eigenvalue weighted by Crippen LogP contribution is -2.47. The number of ether oxygens (including phenoxy) is 2. The van der Waals surface area contributed by atoms with Crippen LogP contribution in [0.1, 0.15) is 36.6 Å². The highest BCUT2D eigenvalue weighted by Gasteiger charge is 2.33. The van der Waals surface area contributed by atoms with Gasteiger partial charge in [-0.2, -0.15) is 0 Å². The van der Waals surface area contributed by atoms with Crippen LogP contribution < -0.4 is 14.8 Å². The maximum atomic E-state index is 5.49. The quantitative estimate of drug-likeness (QED) is 0.936. The molecular formula is C19H23NO2. The maximum Gasteiger partial charge on any atom is 0.161 e. The van der Waals surface area contributed by atoms with E-state index in [9.17, 15) is 0 Å². The Labute approximate surface area is 132 Å². The molecule has 1 aliphatic heterocycles. The highest BCUT2D eigenvalue weighted by atomic mass is 16.5. The van der Waals surface area contributed by atoms with Crippen LogP contribution in [0.3, 0.4) is 0 Å². The highest BCUT2D eigenvalue weighted by Crippen LogP contribution is 2.40. The van der Waals surface area contributed by atoms with Crippen molar-refractivity contribution in [3.05, 3.63) is 59.2 Å². The fourth-order valence-corrected chi connectivity index (χ4v) is 3.26. The van der Waals surface area contributed by atoms with Gasteiger partial charge in [-0.3, -0.25) is 0 Å². The van der Waals surface area contributed by atoms with Gasteiger partial charge in [0.1, 0.15) is 0 Å². The van der Waals surface area contributed by atoms with Gasteiger partial charge in [0.15, 0.2) is 11.5 Å². The Morgan fingerprint density at radius 2 is 1.64 bits per heavy atom. The van der Waals surface area contributed by atoms with Crippen LogP contribution in [-0.2, 0) is 6.42 Å². The van der Waals surface area contributed by atoms with Crippen molar-refractivity contribution in [2.45, 2.75) is 31.8 Å². The monoisotopic (exact) mass is 297 g/mol. The van der Waals surface area contributed by atoms with Gasteiger partial charge in [0.2, 0.25) is 0 Å². The van der Waals surface area contributed by atoms with Crippen molar-refractivity contribution in [2.75, 3.05) is 14.2 Å². The summed E-state index contributed by atoms with van der Waals surface area (Å²) in [7, 11) is 3.37. The molecule has 1 heterocycles. The van der Waals surface area contributed by atoms with Crippen molar-refractivity contribution in [3.8, 4) is 11.5 Å². The van der Waals surface area contributed by atoms with E-state index in [2.05, 4.69) is 55.6 Å². The molecule has 0 radical (unpaired) electrons. The number of benzene rings is 2. The molecular weight excluding hydrogens is 274 g/mol. The number of methoxy groups -OCH3 is 2. The van der Waals surface area contributed by atoms with Crippen LogP contribution >= 0.6 is 0 Å². The summed E-state index contributed by atoms with van der Waals surface area (Å²) in [4.78, 5) is 0. The lowest BCUT2D eigenvalue weighted by molar-refractivity contribution is 0.324. The minimum Gasteiger partial charge on any atom is -0.493 e. The molecule has 2 aromatic rings. The predicted octanol–water partition coefficient (Wildman–Crippen LogP) is 3.72. The highest BCUT2D eigenvalue weighted by molar-refractivity contribution is 5.52. The van der Waals surface area contributed by atoms with E-state index in [1.54, 1.807) is 14.2 Å². The Morgan fingerprint density at radius 3 is 2.27 bits per heavy atom. The maximum absolute atomic E-state index is 5.49. The van der Waals surface area contributed by atoms with Gasteiger partial charge >= 0.3 is 0 Å². The Morgan fingerprint density at radius 1 is 1.00 bits per heavy atom. The van der Waals surface area contributed by atoms with E-state index in [0.29, 0.717) is 0 Å². The molecule has 0 fully saturated rings. The van der Waals surface area contributed by atoms with Gasteiger partial charge in [0.05, 0.1) is 20.3 Å². The summed E-state index contributed by atoms with van der Waals surface area (Å²) in [5.41, 5.74) is 3.88. The summed E-state index contributed by atoms with van der Waals surface area (Å²) in [5.74, 6) is 1.58. The molecule has 116 valence electrons. The summed E-state index contributed by atoms with van der Waals surface area (Å²) < 4.78 is 11.0. The smallest absolute Gasteiger partial charge is 0.161 e. The summed E-state index contributed by atoms with van der Waals surface area (Å²) in [6.45, 7) is 4.48. The van der Waals surface area contributed by atoms with Crippen molar-refractivity contribution in [1.29, 1.82) is 0 Å². The Kier molecular flexibility index (Phi) is 3.83. The number of rotatable bonds is 3. The summed E-state index contributed by atoms with van der Waals surface area (Å²) >= 11 is 0. The predicted molar refractivity (Wildman–Crippen MR) is 88.7 cm³/mol. The minimum absolute atomic E-state index is 0.0348. The van der Waals surface area contributed by atoms with Crippen LogP contribution in [0, 0.1) is 0 Å². The SMILES string of the molecule is COc1cc2c(cc1OC)[C@H](c1ccccc1)NC(C)(C)C2. The van der Waals surface area contributed by atoms with E-state index in [1.165, 1.54) is 16.7 Å². The van der Waals surface area contributed by atoms with E-state index in [0.717, 1.165) is 17.9 Å². The number of nitrogens with one attached hydrogen (secondary N) is 1. The number of fused-ring (bicyclic) bond motifs is 1. The van der Waals surface area contributed by atoms with Gasteiger partial charge in [0.25, 0.3) is 0 Å². The average Bonchev–Trinajstić information content (AvgIpc) is 2.53. The molecule has 0 amide bonds. The third-order valence-corrected chi connectivity index (χ3v) is 4.26. The standard InChI is InChI=1S/C19H23NO2/c1-19(2)12-14-10-16(21-3)17(22-4)11-15(14)18(20-19)13-8-6-5-7-9-13/h5-11,18,20H,12H2,1-4H3/t18-/m0/s1. The first-order valence-electron chi connectivity index (χ1n) is 7.61. The average molecular weight is 297 g/mol. The Hall–Kier alpha value is -2.00. The molecule has 3 heteroatoms. The van der Waals surface area contributed by atoms with Crippen molar-refractivity contribution in [1.82, 2.24) is 5.32 Å². The van der Waals surface area contributed by atoms with Crippen LogP contribution in [0.4, 0.5) is 0 Å². The van der Waals surface area contributed by atoms with Crippen molar-refractivity contribution < 1.29 is 9.47 Å². The number of hydrogen-bond acceptors (Lipinski definition) is 3. The molecule has 1 N–H and O–H groups in total. The molecule has 0 saturated carbocycles. The van der Waals surface area contributed by atoms with Gasteiger partial charge in [-0.15, -0.1) is 0 Å². The van der Waals surface area contributed by atoms with Gasteiger partial charge in [-0.25, -0.2) is 0 Å². The summed E-state index contributed by atoms with van der Waals surface area (Å²) in [6.07, 6.45) is 0.964. The summed E-state index contributed by atoms with van der Waals surface area (Å²) in [5, 5.41) is 3.76. The molecule has 3 rings (SSSR count). The Balaban J connectivity index is 2.15. The summed E-state index contributed by atoms with van der Waals surface area (Å²) in [6, 6.07) is 14.9. The van der Waals surface area contributed by atoms with Gasteiger partial charge in [0, 0.05) is 5.54 Å². The van der Waals surface area contributed by atoms with Crippen LogP contribution in [0.5, 0.6) is 11.5 Å². The fraction of sp³-hybridized carbons (Fsp3) is 0.368. The third-order valence-electron chi connectivity index (χ3n) is 4.26. The van der Waals surface area contributed by atoms with Gasteiger partial charge < -0.3 is 14.8 Å². The molecule has 0 unspecified atom stereocenters. The Bertz CT molecular complexity index is 665. The zero-order chi connectivity index (χ0) is 15.7. The van der Waals surface area contributed by atoms with E-state index < -0.39 is 0 Å². The lowest BCUT2D eigenvalue weighted by atomic mass is 9.81.